The van der Waals surface area contributed by atoms with Crippen LogP contribution in [-0.2, 0) is 40.0 Å². The fourth-order valence-corrected chi connectivity index (χ4v) is 8.06. The molecule has 9 N–H and O–H groups in total. The Bertz CT molecular complexity index is 2020. The minimum Gasteiger partial charge on any atom is -0.507 e. The van der Waals surface area contributed by atoms with Gasteiger partial charge in [0.05, 0.1) is 19.1 Å². The first-order valence-corrected chi connectivity index (χ1v) is 24.2. The number of fused-ring (bicyclic) bond motifs is 5. The third kappa shape index (κ3) is 17.5. The molecule has 0 aliphatic carbocycles. The van der Waals surface area contributed by atoms with Crippen LogP contribution in [0.15, 0.2) is 36.4 Å². The predicted octanol–water partition coefficient (Wildman–Crippen LogP) is 2.85. The quantitative estimate of drug-likeness (QED) is 0.0516. The van der Waals surface area contributed by atoms with Gasteiger partial charge in [-0.2, -0.15) is 0 Å². The summed E-state index contributed by atoms with van der Waals surface area (Å²) in [5.74, 6) is -6.05. The largest absolute Gasteiger partial charge is 0.507 e. The molecule has 3 rings (SSSR count). The van der Waals surface area contributed by atoms with E-state index in [1.165, 1.54) is 104 Å². The van der Waals surface area contributed by atoms with Gasteiger partial charge in [-0.05, 0) is 74.6 Å². The van der Waals surface area contributed by atoms with Crippen molar-refractivity contribution in [1.29, 1.82) is 0 Å². The Balaban J connectivity index is 1.65. The van der Waals surface area contributed by atoms with Crippen molar-refractivity contribution >= 4 is 48.5 Å². The van der Waals surface area contributed by atoms with Crippen LogP contribution < -0.4 is 26.6 Å². The molecular formula is C49H76BN7O11. The first-order chi connectivity index (χ1) is 32.3. The summed E-state index contributed by atoms with van der Waals surface area (Å²) in [4.78, 5) is 96.5. The van der Waals surface area contributed by atoms with Gasteiger partial charge in [0, 0.05) is 32.5 Å². The second-order valence-electron chi connectivity index (χ2n) is 18.2. The molecule has 0 aromatic heterocycles. The highest BCUT2D eigenvalue weighted by molar-refractivity contribution is 6.43. The zero-order chi connectivity index (χ0) is 50.5. The maximum absolute atomic E-state index is 14.1. The number of rotatable bonds is 25. The van der Waals surface area contributed by atoms with Crippen LogP contribution in [0.25, 0.3) is 11.1 Å². The number of phenols is 1. The number of hydrogen-bond donors (Lipinski definition) is 9. The molecule has 0 fully saturated rings. The predicted molar refractivity (Wildman–Crippen MR) is 259 cm³/mol. The normalized spacial score (nSPS) is 17.3. The van der Waals surface area contributed by atoms with E-state index in [2.05, 4.69) is 33.5 Å². The summed E-state index contributed by atoms with van der Waals surface area (Å²) in [5, 5.41) is 52.9. The van der Waals surface area contributed by atoms with Crippen molar-refractivity contribution in [3.05, 3.63) is 53.1 Å². The Morgan fingerprint density at radius 1 is 0.779 bits per heavy atom. The lowest BCUT2D eigenvalue weighted by molar-refractivity contribution is -0.142. The first-order valence-electron chi connectivity index (χ1n) is 24.2. The molecule has 0 radical (unpaired) electrons. The van der Waals surface area contributed by atoms with Gasteiger partial charge in [0.25, 0.3) is 0 Å². The smallest absolute Gasteiger partial charge is 0.475 e. The minimum atomic E-state index is -1.88. The summed E-state index contributed by atoms with van der Waals surface area (Å²) in [6, 6.07) is 3.27. The van der Waals surface area contributed by atoms with Gasteiger partial charge in [0.2, 0.25) is 41.4 Å². The van der Waals surface area contributed by atoms with Gasteiger partial charge in [-0.15, -0.1) is 0 Å². The number of carbonyl (C=O) groups excluding carboxylic acids is 7. The highest BCUT2D eigenvalue weighted by Crippen LogP contribution is 2.35. The lowest BCUT2D eigenvalue weighted by Crippen LogP contribution is -2.57. The van der Waals surface area contributed by atoms with Gasteiger partial charge in [-0.3, -0.25) is 33.6 Å². The van der Waals surface area contributed by atoms with Crippen molar-refractivity contribution < 1.29 is 53.8 Å². The fourth-order valence-electron chi connectivity index (χ4n) is 8.06. The molecule has 1 aliphatic rings. The third-order valence-corrected chi connectivity index (χ3v) is 12.6. The number of nitrogens with one attached hydrogen (secondary N) is 5. The number of aryl methyl sites for hydroxylation is 1. The van der Waals surface area contributed by atoms with Crippen LogP contribution in [0.2, 0.25) is 0 Å². The summed E-state index contributed by atoms with van der Waals surface area (Å²) < 4.78 is 0. The Kier molecular flexibility index (Phi) is 24.0. The molecule has 7 amide bonds. The van der Waals surface area contributed by atoms with Crippen molar-refractivity contribution in [3.63, 3.8) is 0 Å². The van der Waals surface area contributed by atoms with E-state index in [1.807, 2.05) is 0 Å². The van der Waals surface area contributed by atoms with Crippen molar-refractivity contribution in [2.24, 2.45) is 0 Å². The van der Waals surface area contributed by atoms with Crippen molar-refractivity contribution in [2.75, 3.05) is 27.2 Å². The Hall–Kier alpha value is -5.53. The molecule has 376 valence electrons. The van der Waals surface area contributed by atoms with Crippen LogP contribution in [0.1, 0.15) is 140 Å². The maximum atomic E-state index is 14.1. The molecule has 19 heteroatoms. The highest BCUT2D eigenvalue weighted by Gasteiger charge is 2.34. The van der Waals surface area contributed by atoms with Crippen LogP contribution in [0.4, 0.5) is 0 Å². The standard InChI is InChI=1S/C49H76BN7O11/c1-8-9-10-11-12-13-14-15-16-17-18-19-20-21-42(60)56(6)40(30-58)48(65)52-32(3)45(62)51-29-43(61)57(7)44-36-24-22-31(2)37(28-36)38-26-35(23-25-41(38)59)27-39(47(64)54-34(5)50(67)68)55-46(63)33(4)53-49(44)66/h22-26,28,32-34,39-40,44,58-59,67-68H,8-21,27,29-30H2,1-7H3,(H,51,62)(H,52,65)(H,53,66)(H,54,64)(H,55,63)/t32-,33+,34+,39+,40-,44+/m1/s1. The number of likely N-dealkylation sites (N-methyl/N-ethyl adjacent to an activating group) is 2. The van der Waals surface area contributed by atoms with Crippen molar-refractivity contribution in [3.8, 4) is 16.9 Å². The number of aliphatic hydroxyl groups excluding tert-OH is 1. The van der Waals surface area contributed by atoms with Gasteiger partial charge >= 0.3 is 7.12 Å². The molecule has 4 bridgehead atoms. The van der Waals surface area contributed by atoms with Gasteiger partial charge < -0.3 is 56.6 Å². The molecule has 18 nitrogen and oxygen atoms in total. The average Bonchev–Trinajstić information content (AvgIpc) is 3.30. The highest BCUT2D eigenvalue weighted by atomic mass is 16.4. The monoisotopic (exact) mass is 950 g/mol. The number of unbranched alkanes of at least 4 members (excludes halogenated alkanes) is 12. The van der Waals surface area contributed by atoms with E-state index in [-0.39, 0.29) is 24.5 Å². The minimum absolute atomic E-state index is 0.0648. The number of benzene rings is 2. The van der Waals surface area contributed by atoms with Gasteiger partial charge in [-0.1, -0.05) is 102 Å². The summed E-state index contributed by atoms with van der Waals surface area (Å²) >= 11 is 0. The average molecular weight is 950 g/mol. The Labute approximate surface area is 401 Å². The topological polar surface area (TPSA) is 267 Å². The number of phenolic OH excluding ortho intramolecular Hbond substituents is 1. The van der Waals surface area contributed by atoms with E-state index in [1.54, 1.807) is 37.3 Å². The molecule has 6 atom stereocenters. The molecule has 2 aromatic carbocycles. The molecule has 0 saturated heterocycles. The lowest BCUT2D eigenvalue weighted by atomic mass is 9.81. The SMILES string of the molecule is CCCCCCCCCCCCCCCC(=O)N(C)[C@H](CO)C(=O)N[C@H](C)C(=O)NCC(=O)N(C)[C@@H]1C(=O)N[C@@H](C)C(=O)N[C@H](C(=O)N[C@@H](C)B(O)O)Cc2ccc(O)c(c2)-c2cc1ccc2C. The van der Waals surface area contributed by atoms with E-state index >= 15 is 0 Å². The molecule has 1 aliphatic heterocycles. The van der Waals surface area contributed by atoms with Crippen molar-refractivity contribution in [2.45, 2.75) is 167 Å². The number of aliphatic hydroxyl groups is 1. The molecule has 0 saturated carbocycles. The molecule has 2 aromatic rings. The summed E-state index contributed by atoms with van der Waals surface area (Å²) in [5.41, 5.74) is 2.37. The Morgan fingerprint density at radius 3 is 1.97 bits per heavy atom. The number of hydrogen-bond acceptors (Lipinski definition) is 11. The molecular weight excluding hydrogens is 873 g/mol. The molecule has 68 heavy (non-hydrogen) atoms. The zero-order valence-corrected chi connectivity index (χ0v) is 41.1. The molecule has 0 unspecified atom stereocenters. The summed E-state index contributed by atoms with van der Waals surface area (Å²) in [7, 11) is 0.886. The number of aromatic hydroxyl groups is 1. The van der Waals surface area contributed by atoms with Gasteiger partial charge in [0.15, 0.2) is 0 Å². The van der Waals surface area contributed by atoms with E-state index in [9.17, 15) is 53.8 Å². The van der Waals surface area contributed by atoms with Crippen LogP contribution in [0.5, 0.6) is 5.75 Å². The van der Waals surface area contributed by atoms with Crippen LogP contribution in [0, 0.1) is 6.92 Å². The number of carbonyl (C=O) groups is 7. The van der Waals surface area contributed by atoms with E-state index in [4.69, 9.17) is 0 Å². The molecule has 1 heterocycles. The summed E-state index contributed by atoms with van der Waals surface area (Å²) in [6.45, 7) is 6.85. The zero-order valence-electron chi connectivity index (χ0n) is 41.1. The van der Waals surface area contributed by atoms with E-state index in [0.29, 0.717) is 34.2 Å². The van der Waals surface area contributed by atoms with Gasteiger partial charge in [-0.25, -0.2) is 0 Å². The van der Waals surface area contributed by atoms with Crippen LogP contribution in [-0.4, -0.2) is 136 Å². The van der Waals surface area contributed by atoms with E-state index in [0.717, 1.165) is 24.2 Å². The summed E-state index contributed by atoms with van der Waals surface area (Å²) in [6.07, 6.45) is 15.3. The van der Waals surface area contributed by atoms with E-state index < -0.39 is 91.9 Å². The van der Waals surface area contributed by atoms with Crippen LogP contribution in [0.3, 0.4) is 0 Å². The Morgan fingerprint density at radius 2 is 1.38 bits per heavy atom. The second-order valence-corrected chi connectivity index (χ2v) is 18.2. The second kappa shape index (κ2) is 28.7. The number of nitrogens with zero attached hydrogens (tertiary/aromatic N) is 2. The maximum Gasteiger partial charge on any atom is 0.475 e. The number of amides is 7. The first kappa shape index (κ1) is 56.8. The third-order valence-electron chi connectivity index (χ3n) is 12.6. The van der Waals surface area contributed by atoms with Crippen molar-refractivity contribution in [1.82, 2.24) is 36.4 Å². The van der Waals surface area contributed by atoms with Crippen LogP contribution >= 0.6 is 0 Å². The lowest BCUT2D eigenvalue weighted by Gasteiger charge is -2.30. The fraction of sp³-hybridized carbons (Fsp3) is 0.612. The van der Waals surface area contributed by atoms with Gasteiger partial charge in [0.1, 0.15) is 36.0 Å². The molecule has 0 spiro atoms.